The highest BCUT2D eigenvalue weighted by atomic mass is 16.5. The van der Waals surface area contributed by atoms with E-state index in [4.69, 9.17) is 4.74 Å². The molecule has 4 rings (SSSR count). The van der Waals surface area contributed by atoms with Crippen LogP contribution in [0.2, 0.25) is 0 Å². The average Bonchev–Trinajstić information content (AvgIpc) is 3.14. The van der Waals surface area contributed by atoms with Crippen molar-refractivity contribution in [2.45, 2.75) is 12.6 Å². The lowest BCUT2D eigenvalue weighted by atomic mass is 10.0. The van der Waals surface area contributed by atoms with Crippen LogP contribution in [0.5, 0.6) is 5.75 Å². The molecular weight excluding hydrogens is 410 g/mol. The van der Waals surface area contributed by atoms with E-state index in [2.05, 4.69) is 20.6 Å². The Balaban J connectivity index is 1.56. The first kappa shape index (κ1) is 21.0. The van der Waals surface area contributed by atoms with E-state index in [-0.39, 0.29) is 12.5 Å². The molecule has 1 aromatic heterocycles. The van der Waals surface area contributed by atoms with Gasteiger partial charge in [-0.15, -0.1) is 0 Å². The zero-order chi connectivity index (χ0) is 22.5. The lowest BCUT2D eigenvalue weighted by molar-refractivity contribution is -0.108. The van der Waals surface area contributed by atoms with E-state index in [0.29, 0.717) is 24.3 Å². The van der Waals surface area contributed by atoms with Gasteiger partial charge in [-0.1, -0.05) is 30.3 Å². The summed E-state index contributed by atoms with van der Waals surface area (Å²) in [6, 6.07) is 11.7. The fourth-order valence-electron chi connectivity index (χ4n) is 3.66. The third-order valence-corrected chi connectivity index (χ3v) is 5.27. The van der Waals surface area contributed by atoms with Gasteiger partial charge >= 0.3 is 6.03 Å². The zero-order valence-corrected chi connectivity index (χ0v) is 17.3. The molecule has 9 heteroatoms. The second-order valence-corrected chi connectivity index (χ2v) is 7.21. The van der Waals surface area contributed by atoms with Crippen molar-refractivity contribution in [3.8, 4) is 17.0 Å². The minimum atomic E-state index is -0.645. The number of methoxy groups -OCH3 is 1. The molecule has 0 spiro atoms. The van der Waals surface area contributed by atoms with Crippen LogP contribution in [0.3, 0.4) is 0 Å². The number of nitrogens with zero attached hydrogens (tertiary/aromatic N) is 3. The molecule has 0 radical (unpaired) electrons. The number of benzene rings is 2. The van der Waals surface area contributed by atoms with Gasteiger partial charge in [0.05, 0.1) is 25.0 Å². The van der Waals surface area contributed by atoms with Crippen LogP contribution in [-0.2, 0) is 11.3 Å². The van der Waals surface area contributed by atoms with Crippen molar-refractivity contribution in [2.24, 2.45) is 0 Å². The van der Waals surface area contributed by atoms with E-state index >= 15 is 0 Å². The van der Waals surface area contributed by atoms with E-state index in [9.17, 15) is 14.4 Å². The molecule has 0 bridgehead atoms. The van der Waals surface area contributed by atoms with Gasteiger partial charge in [-0.2, -0.15) is 0 Å². The molecule has 0 fully saturated rings. The number of hydrogen-bond donors (Lipinski definition) is 2. The van der Waals surface area contributed by atoms with Crippen LogP contribution in [0.15, 0.2) is 61.1 Å². The number of rotatable bonds is 7. The van der Waals surface area contributed by atoms with Gasteiger partial charge in [0, 0.05) is 36.6 Å². The van der Waals surface area contributed by atoms with Gasteiger partial charge in [0.1, 0.15) is 5.75 Å². The predicted octanol–water partition coefficient (Wildman–Crippen LogP) is 2.30. The summed E-state index contributed by atoms with van der Waals surface area (Å²) in [6.07, 6.45) is 5.19. The van der Waals surface area contributed by atoms with Crippen molar-refractivity contribution in [3.05, 3.63) is 77.7 Å². The van der Waals surface area contributed by atoms with E-state index < -0.39 is 12.1 Å². The van der Waals surface area contributed by atoms with Gasteiger partial charge < -0.3 is 15.0 Å². The number of nitrogens with one attached hydrogen (secondary N) is 2. The second kappa shape index (κ2) is 9.25. The highest BCUT2D eigenvalue weighted by molar-refractivity contribution is 5.98. The normalized spacial score (nSPS) is 13.3. The van der Waals surface area contributed by atoms with Gasteiger partial charge in [-0.3, -0.25) is 24.9 Å². The summed E-state index contributed by atoms with van der Waals surface area (Å²) in [5.41, 5.74) is 3.85. The Hall–Kier alpha value is -4.27. The minimum absolute atomic E-state index is 0.141. The van der Waals surface area contributed by atoms with Crippen LogP contribution in [0.25, 0.3) is 11.3 Å². The standard InChI is InChI=1S/C23H21N5O4/c1-32-18-7-6-17-12-28(22(30)19(17)10-18)13-21(27-23(31)26-14-29)16-4-2-15(3-5-16)20-11-24-8-9-25-20/h2-11,14,21H,12-13H2,1H3,(H2,26,27,29,31)/t21-/m0/s1. The summed E-state index contributed by atoms with van der Waals surface area (Å²) in [5, 5.41) is 4.84. The Morgan fingerprint density at radius 2 is 2.03 bits per heavy atom. The number of carbonyl (C=O) groups is 3. The third-order valence-electron chi connectivity index (χ3n) is 5.27. The van der Waals surface area contributed by atoms with Crippen molar-refractivity contribution in [3.63, 3.8) is 0 Å². The first-order valence-electron chi connectivity index (χ1n) is 9.92. The topological polar surface area (TPSA) is 114 Å². The summed E-state index contributed by atoms with van der Waals surface area (Å²) in [6.45, 7) is 0.649. The van der Waals surface area contributed by atoms with Crippen LogP contribution in [0.1, 0.15) is 27.5 Å². The molecule has 9 nitrogen and oxygen atoms in total. The number of urea groups is 1. The van der Waals surface area contributed by atoms with Gasteiger partial charge in [-0.05, 0) is 23.3 Å². The van der Waals surface area contributed by atoms with Gasteiger partial charge in [0.15, 0.2) is 0 Å². The molecule has 162 valence electrons. The first-order chi connectivity index (χ1) is 15.6. The number of imide groups is 1. The van der Waals surface area contributed by atoms with Gasteiger partial charge in [0.2, 0.25) is 6.41 Å². The van der Waals surface area contributed by atoms with E-state index in [0.717, 1.165) is 22.4 Å². The highest BCUT2D eigenvalue weighted by Crippen LogP contribution is 2.29. The summed E-state index contributed by atoms with van der Waals surface area (Å²) in [7, 11) is 1.55. The number of carbonyl (C=O) groups excluding carboxylic acids is 3. The van der Waals surface area contributed by atoms with E-state index in [1.54, 1.807) is 36.7 Å². The number of hydrogen-bond acceptors (Lipinski definition) is 6. The van der Waals surface area contributed by atoms with Crippen LogP contribution in [-0.4, -0.2) is 46.9 Å². The first-order valence-corrected chi connectivity index (χ1v) is 9.92. The molecule has 0 saturated heterocycles. The number of amides is 4. The lowest BCUT2D eigenvalue weighted by Crippen LogP contribution is -2.42. The molecule has 0 aliphatic carbocycles. The molecule has 4 amide bonds. The molecule has 32 heavy (non-hydrogen) atoms. The smallest absolute Gasteiger partial charge is 0.321 e. The van der Waals surface area contributed by atoms with Crippen LogP contribution in [0, 0.1) is 0 Å². The summed E-state index contributed by atoms with van der Waals surface area (Å²) in [4.78, 5) is 45.7. The van der Waals surface area contributed by atoms with Crippen LogP contribution < -0.4 is 15.4 Å². The second-order valence-electron chi connectivity index (χ2n) is 7.21. The molecule has 0 unspecified atom stereocenters. The maximum absolute atomic E-state index is 13.0. The summed E-state index contributed by atoms with van der Waals surface area (Å²) < 4.78 is 5.22. The molecule has 0 saturated carbocycles. The van der Waals surface area contributed by atoms with Crippen molar-refractivity contribution >= 4 is 18.3 Å². The van der Waals surface area contributed by atoms with Crippen LogP contribution in [0.4, 0.5) is 4.79 Å². The van der Waals surface area contributed by atoms with Gasteiger partial charge in [-0.25, -0.2) is 4.79 Å². The largest absolute Gasteiger partial charge is 0.497 e. The fourth-order valence-corrected chi connectivity index (χ4v) is 3.66. The molecule has 2 aromatic carbocycles. The highest BCUT2D eigenvalue weighted by Gasteiger charge is 2.30. The third kappa shape index (κ3) is 4.41. The Kier molecular flexibility index (Phi) is 6.07. The predicted molar refractivity (Wildman–Crippen MR) is 116 cm³/mol. The monoisotopic (exact) mass is 431 g/mol. The lowest BCUT2D eigenvalue weighted by Gasteiger charge is -2.25. The fraction of sp³-hybridized carbons (Fsp3) is 0.174. The number of fused-ring (bicyclic) bond motifs is 1. The van der Waals surface area contributed by atoms with Crippen molar-refractivity contribution in [2.75, 3.05) is 13.7 Å². The Morgan fingerprint density at radius 3 is 2.72 bits per heavy atom. The molecule has 3 aromatic rings. The van der Waals surface area contributed by atoms with Gasteiger partial charge in [0.25, 0.3) is 5.91 Å². The SMILES string of the molecule is COc1ccc2c(c1)C(=O)N(C[C@H](NC(=O)NC=O)c1ccc(-c3cnccn3)cc1)C2. The molecule has 1 aliphatic heterocycles. The van der Waals surface area contributed by atoms with Crippen LogP contribution >= 0.6 is 0 Å². The summed E-state index contributed by atoms with van der Waals surface area (Å²) >= 11 is 0. The quantitative estimate of drug-likeness (QED) is 0.555. The molecular formula is C23H21N5O4. The minimum Gasteiger partial charge on any atom is -0.497 e. The molecule has 2 heterocycles. The Morgan fingerprint density at radius 1 is 1.22 bits per heavy atom. The number of aromatic nitrogens is 2. The maximum Gasteiger partial charge on any atom is 0.321 e. The maximum atomic E-state index is 13.0. The zero-order valence-electron chi connectivity index (χ0n) is 17.3. The molecule has 1 atom stereocenters. The molecule has 1 aliphatic rings. The average molecular weight is 431 g/mol. The van der Waals surface area contributed by atoms with Crippen molar-refractivity contribution < 1.29 is 19.1 Å². The molecule has 2 N–H and O–H groups in total. The van der Waals surface area contributed by atoms with E-state index in [1.807, 2.05) is 36.4 Å². The van der Waals surface area contributed by atoms with E-state index in [1.165, 1.54) is 0 Å². The Labute approximate surface area is 184 Å². The number of ether oxygens (including phenoxy) is 1. The van der Waals surface area contributed by atoms with Crippen molar-refractivity contribution in [1.29, 1.82) is 0 Å². The summed E-state index contributed by atoms with van der Waals surface area (Å²) in [5.74, 6) is 0.469. The van der Waals surface area contributed by atoms with Crippen molar-refractivity contribution in [1.82, 2.24) is 25.5 Å². The Bertz CT molecular complexity index is 1130.